The van der Waals surface area contributed by atoms with Gasteiger partial charge in [0.25, 0.3) is 0 Å². The second-order valence-electron chi connectivity index (χ2n) is 6.37. The Morgan fingerprint density at radius 2 is 1.42 bits per heavy atom. The quantitative estimate of drug-likeness (QED) is 0.786. The first-order valence-electron chi connectivity index (χ1n) is 8.90. The second-order valence-corrected chi connectivity index (χ2v) is 6.37. The Labute approximate surface area is 154 Å². The number of hydrogen-bond acceptors (Lipinski definition) is 5. The lowest BCUT2D eigenvalue weighted by molar-refractivity contribution is -0.280. The summed E-state index contributed by atoms with van der Waals surface area (Å²) >= 11 is 0. The van der Waals surface area contributed by atoms with Gasteiger partial charge in [-0.2, -0.15) is 0 Å². The second kappa shape index (κ2) is 9.80. The van der Waals surface area contributed by atoms with E-state index in [0.717, 1.165) is 11.1 Å². The fraction of sp³-hybridized carbons (Fsp3) is 0.429. The fourth-order valence-electron chi connectivity index (χ4n) is 3.08. The van der Waals surface area contributed by atoms with E-state index in [1.54, 1.807) is 7.11 Å². The normalized spacial score (nSPS) is 25.9. The van der Waals surface area contributed by atoms with Crippen LogP contribution in [0.15, 0.2) is 60.7 Å². The van der Waals surface area contributed by atoms with Gasteiger partial charge in [0, 0.05) is 13.5 Å². The van der Waals surface area contributed by atoms with Crippen molar-refractivity contribution in [3.63, 3.8) is 0 Å². The number of aliphatic hydroxyl groups is 1. The molecule has 4 atom stereocenters. The summed E-state index contributed by atoms with van der Waals surface area (Å²) in [5.41, 5.74) is 2.17. The van der Waals surface area contributed by atoms with Gasteiger partial charge in [-0.05, 0) is 11.1 Å². The van der Waals surface area contributed by atoms with Gasteiger partial charge >= 0.3 is 0 Å². The molecule has 0 aromatic heterocycles. The summed E-state index contributed by atoms with van der Waals surface area (Å²) in [4.78, 5) is 0. The molecule has 0 unspecified atom stereocenters. The van der Waals surface area contributed by atoms with Crippen molar-refractivity contribution < 1.29 is 24.1 Å². The molecular weight excluding hydrogens is 332 g/mol. The molecule has 3 rings (SSSR count). The molecule has 0 spiro atoms. The Morgan fingerprint density at radius 1 is 0.885 bits per heavy atom. The molecule has 0 saturated carbocycles. The van der Waals surface area contributed by atoms with Crippen molar-refractivity contribution in [2.24, 2.45) is 0 Å². The molecule has 2 aromatic rings. The molecule has 1 aliphatic rings. The van der Waals surface area contributed by atoms with Gasteiger partial charge in [-0.25, -0.2) is 0 Å². The van der Waals surface area contributed by atoms with Gasteiger partial charge in [0.1, 0.15) is 12.2 Å². The highest BCUT2D eigenvalue weighted by atomic mass is 16.7. The number of hydrogen-bond donors (Lipinski definition) is 1. The molecule has 140 valence electrons. The van der Waals surface area contributed by atoms with Gasteiger partial charge in [0.2, 0.25) is 0 Å². The number of ether oxygens (including phenoxy) is 4. The molecule has 1 N–H and O–H groups in total. The van der Waals surface area contributed by atoms with Crippen LogP contribution in [0.4, 0.5) is 0 Å². The zero-order valence-electron chi connectivity index (χ0n) is 15.0. The van der Waals surface area contributed by atoms with Crippen LogP contribution in [-0.2, 0) is 32.2 Å². The number of aliphatic hydroxyl groups excluding tert-OH is 1. The third-order valence-electron chi connectivity index (χ3n) is 4.52. The first-order chi connectivity index (χ1) is 12.8. The van der Waals surface area contributed by atoms with Crippen LogP contribution < -0.4 is 0 Å². The van der Waals surface area contributed by atoms with Crippen LogP contribution in [0.25, 0.3) is 0 Å². The van der Waals surface area contributed by atoms with E-state index in [1.807, 2.05) is 60.7 Å². The molecule has 0 aliphatic carbocycles. The third-order valence-corrected chi connectivity index (χ3v) is 4.52. The van der Waals surface area contributed by atoms with E-state index in [-0.39, 0.29) is 18.8 Å². The van der Waals surface area contributed by atoms with E-state index in [4.69, 9.17) is 18.9 Å². The average molecular weight is 358 g/mol. The van der Waals surface area contributed by atoms with Crippen molar-refractivity contribution in [3.05, 3.63) is 71.8 Å². The molecule has 0 bridgehead atoms. The van der Waals surface area contributed by atoms with Crippen molar-refractivity contribution in [2.45, 2.75) is 44.2 Å². The predicted molar refractivity (Wildman–Crippen MR) is 97.4 cm³/mol. The molecule has 2 aromatic carbocycles. The highest BCUT2D eigenvalue weighted by Crippen LogP contribution is 2.27. The molecule has 26 heavy (non-hydrogen) atoms. The van der Waals surface area contributed by atoms with Crippen LogP contribution in [0, 0.1) is 0 Å². The van der Waals surface area contributed by atoms with E-state index in [2.05, 4.69) is 0 Å². The van der Waals surface area contributed by atoms with Crippen molar-refractivity contribution in [1.29, 1.82) is 0 Å². The van der Waals surface area contributed by atoms with Gasteiger partial charge in [0.05, 0.1) is 25.9 Å². The van der Waals surface area contributed by atoms with Gasteiger partial charge < -0.3 is 24.1 Å². The Hall–Kier alpha value is -1.76. The molecule has 1 aliphatic heterocycles. The van der Waals surface area contributed by atoms with E-state index < -0.39 is 12.4 Å². The summed E-state index contributed by atoms with van der Waals surface area (Å²) in [6.45, 7) is 0.822. The highest BCUT2D eigenvalue weighted by molar-refractivity contribution is 5.14. The lowest BCUT2D eigenvalue weighted by Gasteiger charge is -2.39. The molecule has 1 saturated heterocycles. The lowest BCUT2D eigenvalue weighted by Crippen LogP contribution is -2.51. The standard InChI is InChI=1S/C21H26O5/c1-23-21-19(25-15-17-10-6-3-7-11-17)12-18(20(13-22)26-21)24-14-16-8-4-2-5-9-16/h2-11,18-22H,12-15H2,1H3/t18-,19-,20+,21-/m0/s1. The smallest absolute Gasteiger partial charge is 0.184 e. The van der Waals surface area contributed by atoms with Crippen LogP contribution in [0.2, 0.25) is 0 Å². The minimum absolute atomic E-state index is 0.120. The Balaban J connectivity index is 1.60. The minimum Gasteiger partial charge on any atom is -0.394 e. The van der Waals surface area contributed by atoms with E-state index in [9.17, 15) is 5.11 Å². The Bertz CT molecular complexity index is 578. The highest BCUT2D eigenvalue weighted by Gasteiger charge is 2.39. The number of rotatable bonds is 8. The number of methoxy groups -OCH3 is 1. The summed E-state index contributed by atoms with van der Waals surface area (Å²) in [7, 11) is 1.59. The monoisotopic (exact) mass is 358 g/mol. The molecule has 5 heteroatoms. The Morgan fingerprint density at radius 3 is 1.92 bits per heavy atom. The summed E-state index contributed by atoms with van der Waals surface area (Å²) in [6.07, 6.45) is -0.868. The maximum Gasteiger partial charge on any atom is 0.184 e. The SMILES string of the molecule is CO[C@H]1O[C@H](CO)[C@@H](OCc2ccccc2)C[C@@H]1OCc1ccccc1. The predicted octanol–water partition coefficient (Wildman–Crippen LogP) is 2.91. The summed E-state index contributed by atoms with van der Waals surface area (Å²) in [5.74, 6) is 0. The molecular formula is C21H26O5. The summed E-state index contributed by atoms with van der Waals surface area (Å²) in [6, 6.07) is 19.9. The molecule has 1 heterocycles. The fourth-order valence-corrected chi connectivity index (χ4v) is 3.08. The van der Waals surface area contributed by atoms with Crippen molar-refractivity contribution in [1.82, 2.24) is 0 Å². The molecule has 5 nitrogen and oxygen atoms in total. The van der Waals surface area contributed by atoms with Gasteiger partial charge in [-0.3, -0.25) is 0 Å². The average Bonchev–Trinajstić information content (AvgIpc) is 2.72. The van der Waals surface area contributed by atoms with Crippen LogP contribution in [0.5, 0.6) is 0 Å². The third kappa shape index (κ3) is 5.13. The maximum atomic E-state index is 9.66. The molecule has 0 amide bonds. The number of benzene rings is 2. The van der Waals surface area contributed by atoms with Crippen molar-refractivity contribution in [2.75, 3.05) is 13.7 Å². The Kier molecular flexibility index (Phi) is 7.17. The zero-order chi connectivity index (χ0) is 18.2. The van der Waals surface area contributed by atoms with E-state index in [1.165, 1.54) is 0 Å². The van der Waals surface area contributed by atoms with E-state index >= 15 is 0 Å². The minimum atomic E-state index is -0.521. The molecule has 0 radical (unpaired) electrons. The van der Waals surface area contributed by atoms with Gasteiger partial charge in [0.15, 0.2) is 6.29 Å². The maximum absolute atomic E-state index is 9.66. The molecule has 1 fully saturated rings. The topological polar surface area (TPSA) is 57.2 Å². The lowest BCUT2D eigenvalue weighted by atomic mass is 10.0. The first-order valence-corrected chi connectivity index (χ1v) is 8.90. The zero-order valence-corrected chi connectivity index (χ0v) is 15.0. The van der Waals surface area contributed by atoms with Crippen molar-refractivity contribution in [3.8, 4) is 0 Å². The summed E-state index contributed by atoms with van der Waals surface area (Å²) < 4.78 is 23.3. The van der Waals surface area contributed by atoms with Gasteiger partial charge in [-0.1, -0.05) is 60.7 Å². The van der Waals surface area contributed by atoms with Crippen molar-refractivity contribution >= 4 is 0 Å². The van der Waals surface area contributed by atoms with E-state index in [0.29, 0.717) is 19.6 Å². The van der Waals surface area contributed by atoms with Crippen LogP contribution >= 0.6 is 0 Å². The first kappa shape index (κ1) is 19.0. The summed E-state index contributed by atoms with van der Waals surface area (Å²) in [5, 5.41) is 9.66. The largest absolute Gasteiger partial charge is 0.394 e. The van der Waals surface area contributed by atoms with Gasteiger partial charge in [-0.15, -0.1) is 0 Å². The van der Waals surface area contributed by atoms with Crippen LogP contribution in [-0.4, -0.2) is 43.4 Å². The van der Waals surface area contributed by atoms with Crippen LogP contribution in [0.3, 0.4) is 0 Å². The van der Waals surface area contributed by atoms with Crippen LogP contribution in [0.1, 0.15) is 17.5 Å².